The zero-order valence-corrected chi connectivity index (χ0v) is 11.6. The van der Waals surface area contributed by atoms with Gasteiger partial charge in [-0.3, -0.25) is 0 Å². The lowest BCUT2D eigenvalue weighted by atomic mass is 10.1. The molecule has 0 atom stereocenters. The standard InChI is InChI=1S/C14H20N4O/c1-14(2,3)15-8-12-10-18(17-16-12)9-11-4-6-13(19)7-5-11/h4-7,10,15,19H,8-9H2,1-3H3. The van der Waals surface area contributed by atoms with E-state index in [9.17, 15) is 5.11 Å². The van der Waals surface area contributed by atoms with Crippen molar-refractivity contribution in [1.82, 2.24) is 20.3 Å². The predicted octanol–water partition coefficient (Wildman–Crippen LogP) is 1.92. The molecule has 2 aromatic rings. The summed E-state index contributed by atoms with van der Waals surface area (Å²) in [6.07, 6.45) is 1.94. The van der Waals surface area contributed by atoms with Gasteiger partial charge in [0, 0.05) is 12.1 Å². The maximum Gasteiger partial charge on any atom is 0.115 e. The molecule has 1 aromatic carbocycles. The number of nitrogens with zero attached hydrogens (tertiary/aromatic N) is 3. The number of aromatic nitrogens is 3. The molecule has 1 aromatic heterocycles. The fraction of sp³-hybridized carbons (Fsp3) is 0.429. The molecule has 19 heavy (non-hydrogen) atoms. The average molecular weight is 260 g/mol. The molecule has 1 heterocycles. The molecule has 0 aliphatic carbocycles. The van der Waals surface area contributed by atoms with Crippen LogP contribution in [0.5, 0.6) is 5.75 Å². The molecule has 5 heteroatoms. The summed E-state index contributed by atoms with van der Waals surface area (Å²) in [5.74, 6) is 0.275. The zero-order chi connectivity index (χ0) is 13.9. The third-order valence-electron chi connectivity index (χ3n) is 2.67. The number of aromatic hydroxyl groups is 1. The van der Waals surface area contributed by atoms with Crippen molar-refractivity contribution in [3.63, 3.8) is 0 Å². The summed E-state index contributed by atoms with van der Waals surface area (Å²) in [5, 5.41) is 20.8. The molecule has 0 aliphatic rings. The first-order valence-electron chi connectivity index (χ1n) is 6.34. The van der Waals surface area contributed by atoms with E-state index >= 15 is 0 Å². The van der Waals surface area contributed by atoms with Crippen LogP contribution in [0.15, 0.2) is 30.5 Å². The molecule has 0 amide bonds. The molecule has 0 saturated carbocycles. The van der Waals surface area contributed by atoms with Gasteiger partial charge in [-0.05, 0) is 38.5 Å². The lowest BCUT2D eigenvalue weighted by Crippen LogP contribution is -2.35. The van der Waals surface area contributed by atoms with Gasteiger partial charge in [0.15, 0.2) is 0 Å². The lowest BCUT2D eigenvalue weighted by molar-refractivity contribution is 0.421. The Balaban J connectivity index is 1.95. The Labute approximate surface area is 113 Å². The number of phenolic OH excluding ortho intramolecular Hbond substituents is 1. The molecular weight excluding hydrogens is 240 g/mol. The number of rotatable bonds is 4. The molecule has 0 spiro atoms. The number of hydrogen-bond donors (Lipinski definition) is 2. The van der Waals surface area contributed by atoms with Gasteiger partial charge in [0.1, 0.15) is 5.75 Å². The quantitative estimate of drug-likeness (QED) is 0.881. The van der Waals surface area contributed by atoms with Crippen molar-refractivity contribution < 1.29 is 5.11 Å². The summed E-state index contributed by atoms with van der Waals surface area (Å²) in [7, 11) is 0. The van der Waals surface area contributed by atoms with Gasteiger partial charge in [-0.1, -0.05) is 17.3 Å². The highest BCUT2D eigenvalue weighted by atomic mass is 16.3. The van der Waals surface area contributed by atoms with Crippen LogP contribution in [0.4, 0.5) is 0 Å². The van der Waals surface area contributed by atoms with E-state index in [0.717, 1.165) is 11.3 Å². The monoisotopic (exact) mass is 260 g/mol. The van der Waals surface area contributed by atoms with Gasteiger partial charge < -0.3 is 10.4 Å². The first-order chi connectivity index (χ1) is 8.92. The minimum absolute atomic E-state index is 0.0702. The Hall–Kier alpha value is -1.88. The third-order valence-corrected chi connectivity index (χ3v) is 2.67. The van der Waals surface area contributed by atoms with Crippen LogP contribution >= 0.6 is 0 Å². The summed E-state index contributed by atoms with van der Waals surface area (Å²) in [6.45, 7) is 7.72. The van der Waals surface area contributed by atoms with Crippen LogP contribution in [-0.2, 0) is 13.1 Å². The van der Waals surface area contributed by atoms with Crippen LogP contribution in [0.25, 0.3) is 0 Å². The van der Waals surface area contributed by atoms with Crippen molar-refractivity contribution in [2.24, 2.45) is 0 Å². The van der Waals surface area contributed by atoms with Crippen LogP contribution in [0, 0.1) is 0 Å². The molecule has 0 bridgehead atoms. The van der Waals surface area contributed by atoms with Gasteiger partial charge in [0.05, 0.1) is 18.4 Å². The highest BCUT2D eigenvalue weighted by Crippen LogP contribution is 2.10. The van der Waals surface area contributed by atoms with Crippen molar-refractivity contribution >= 4 is 0 Å². The Kier molecular flexibility index (Phi) is 3.85. The Morgan fingerprint density at radius 2 is 1.89 bits per heavy atom. The largest absolute Gasteiger partial charge is 0.508 e. The summed E-state index contributed by atoms with van der Waals surface area (Å²) in [6, 6.07) is 7.11. The topological polar surface area (TPSA) is 63.0 Å². The summed E-state index contributed by atoms with van der Waals surface area (Å²) in [5.41, 5.74) is 2.08. The molecule has 0 fully saturated rings. The molecule has 0 aliphatic heterocycles. The SMILES string of the molecule is CC(C)(C)NCc1cn(Cc2ccc(O)cc2)nn1. The van der Waals surface area contributed by atoms with E-state index in [0.29, 0.717) is 13.1 Å². The van der Waals surface area contributed by atoms with E-state index in [4.69, 9.17) is 0 Å². The second-order valence-corrected chi connectivity index (χ2v) is 5.68. The smallest absolute Gasteiger partial charge is 0.115 e. The van der Waals surface area contributed by atoms with E-state index in [1.54, 1.807) is 16.8 Å². The van der Waals surface area contributed by atoms with Crippen LogP contribution in [0.3, 0.4) is 0 Å². The Morgan fingerprint density at radius 1 is 1.21 bits per heavy atom. The maximum absolute atomic E-state index is 9.23. The number of hydrogen-bond acceptors (Lipinski definition) is 4. The molecule has 2 N–H and O–H groups in total. The van der Waals surface area contributed by atoms with Crippen molar-refractivity contribution in [2.45, 2.75) is 39.4 Å². The van der Waals surface area contributed by atoms with Crippen molar-refractivity contribution in [1.29, 1.82) is 0 Å². The van der Waals surface area contributed by atoms with E-state index < -0.39 is 0 Å². The normalized spacial score (nSPS) is 11.7. The number of phenols is 1. The second kappa shape index (κ2) is 5.40. The van der Waals surface area contributed by atoms with E-state index in [-0.39, 0.29) is 11.3 Å². The van der Waals surface area contributed by atoms with Crippen LogP contribution in [0.2, 0.25) is 0 Å². The van der Waals surface area contributed by atoms with Gasteiger partial charge in [-0.15, -0.1) is 5.10 Å². The Bertz CT molecular complexity index is 525. The molecule has 2 rings (SSSR count). The van der Waals surface area contributed by atoms with Gasteiger partial charge in [0.25, 0.3) is 0 Å². The van der Waals surface area contributed by atoms with Crippen molar-refractivity contribution in [2.75, 3.05) is 0 Å². The van der Waals surface area contributed by atoms with E-state index in [2.05, 4.69) is 36.4 Å². The van der Waals surface area contributed by atoms with Crippen molar-refractivity contribution in [3.8, 4) is 5.75 Å². The molecule has 102 valence electrons. The minimum Gasteiger partial charge on any atom is -0.508 e. The molecule has 0 saturated heterocycles. The fourth-order valence-electron chi connectivity index (χ4n) is 1.64. The maximum atomic E-state index is 9.23. The van der Waals surface area contributed by atoms with Crippen LogP contribution < -0.4 is 5.32 Å². The third kappa shape index (κ3) is 4.37. The lowest BCUT2D eigenvalue weighted by Gasteiger charge is -2.19. The highest BCUT2D eigenvalue weighted by molar-refractivity contribution is 5.25. The van der Waals surface area contributed by atoms with Gasteiger partial charge in [-0.25, -0.2) is 4.68 Å². The van der Waals surface area contributed by atoms with E-state index in [1.807, 2.05) is 18.3 Å². The van der Waals surface area contributed by atoms with Crippen molar-refractivity contribution in [3.05, 3.63) is 41.7 Å². The first kappa shape index (κ1) is 13.5. The van der Waals surface area contributed by atoms with Gasteiger partial charge >= 0.3 is 0 Å². The Morgan fingerprint density at radius 3 is 2.53 bits per heavy atom. The van der Waals surface area contributed by atoms with Crippen LogP contribution in [0.1, 0.15) is 32.0 Å². The summed E-state index contributed by atoms with van der Waals surface area (Å²) >= 11 is 0. The predicted molar refractivity (Wildman–Crippen MR) is 73.8 cm³/mol. The van der Waals surface area contributed by atoms with Gasteiger partial charge in [0.2, 0.25) is 0 Å². The number of nitrogens with one attached hydrogen (secondary N) is 1. The summed E-state index contributed by atoms with van der Waals surface area (Å²) in [4.78, 5) is 0. The van der Waals surface area contributed by atoms with E-state index in [1.165, 1.54) is 0 Å². The van der Waals surface area contributed by atoms with Crippen LogP contribution in [-0.4, -0.2) is 25.6 Å². The molecular formula is C14H20N4O. The molecule has 0 radical (unpaired) electrons. The second-order valence-electron chi connectivity index (χ2n) is 5.68. The minimum atomic E-state index is 0.0702. The van der Waals surface area contributed by atoms with Gasteiger partial charge in [-0.2, -0.15) is 0 Å². The fourth-order valence-corrected chi connectivity index (χ4v) is 1.64. The molecule has 5 nitrogen and oxygen atoms in total. The highest BCUT2D eigenvalue weighted by Gasteiger charge is 2.10. The zero-order valence-electron chi connectivity index (χ0n) is 11.6. The average Bonchev–Trinajstić information content (AvgIpc) is 2.77. The summed E-state index contributed by atoms with van der Waals surface area (Å²) < 4.78 is 1.80. The molecule has 0 unspecified atom stereocenters. The number of benzene rings is 1. The first-order valence-corrected chi connectivity index (χ1v) is 6.34.